The van der Waals surface area contributed by atoms with Crippen LogP contribution >= 0.6 is 62.1 Å². The molecule has 1 aromatic heterocycles. The summed E-state index contributed by atoms with van der Waals surface area (Å²) in [6.07, 6.45) is 2.67. The van der Waals surface area contributed by atoms with Gasteiger partial charge in [-0.25, -0.2) is 4.79 Å². The van der Waals surface area contributed by atoms with Gasteiger partial charge in [-0.2, -0.15) is 0 Å². The quantitative estimate of drug-likeness (QED) is 0.257. The Hall–Kier alpha value is -0.990. The van der Waals surface area contributed by atoms with Crippen molar-refractivity contribution in [2.24, 2.45) is 0 Å². The van der Waals surface area contributed by atoms with Gasteiger partial charge in [0.1, 0.15) is 11.2 Å². The van der Waals surface area contributed by atoms with Gasteiger partial charge in [0.2, 0.25) is 3.79 Å². The number of anilines is 1. The molecule has 0 saturated heterocycles. The molecule has 5 nitrogen and oxygen atoms in total. The molecule has 1 aromatic carbocycles. The number of carbonyl (C=O) groups excluding carboxylic acids is 2. The lowest BCUT2D eigenvalue weighted by atomic mass is 9.95. The lowest BCUT2D eigenvalue weighted by Gasteiger charge is -2.27. The summed E-state index contributed by atoms with van der Waals surface area (Å²) < 4.78 is 4.01. The van der Waals surface area contributed by atoms with Crippen molar-refractivity contribution < 1.29 is 14.3 Å². The number of aryl methyl sites for hydroxylation is 1. The lowest BCUT2D eigenvalue weighted by molar-refractivity contribution is 0.0526. The van der Waals surface area contributed by atoms with E-state index in [-0.39, 0.29) is 6.61 Å². The van der Waals surface area contributed by atoms with Crippen molar-refractivity contribution in [3.8, 4) is 0 Å². The van der Waals surface area contributed by atoms with Crippen LogP contribution in [0.3, 0.4) is 0 Å². The number of rotatable bonds is 6. The molecule has 1 aliphatic rings. The molecule has 0 saturated carbocycles. The molecule has 10 heteroatoms. The molecule has 0 unspecified atom stereocenters. The number of ether oxygens (including phenoxy) is 1. The molecule has 0 radical (unpaired) electrons. The second kappa shape index (κ2) is 10.1. The smallest absolute Gasteiger partial charge is 0.341 e. The molecule has 0 fully saturated rings. The average Bonchev–Trinajstić information content (AvgIpc) is 3.05. The van der Waals surface area contributed by atoms with Gasteiger partial charge in [0.25, 0.3) is 5.91 Å². The van der Waals surface area contributed by atoms with Gasteiger partial charge < -0.3 is 15.4 Å². The largest absolute Gasteiger partial charge is 0.462 e. The first kappa shape index (κ1) is 23.7. The van der Waals surface area contributed by atoms with Gasteiger partial charge >= 0.3 is 5.97 Å². The van der Waals surface area contributed by atoms with Crippen molar-refractivity contribution in [2.75, 3.05) is 11.9 Å². The highest BCUT2D eigenvalue weighted by atomic mass is 79.9. The average molecular weight is 555 g/mol. The summed E-state index contributed by atoms with van der Waals surface area (Å²) in [5.74, 6) is -0.843. The first-order valence-electron chi connectivity index (χ1n) is 9.42. The van der Waals surface area contributed by atoms with Crippen LogP contribution < -0.4 is 10.6 Å². The first-order chi connectivity index (χ1) is 14.2. The Morgan fingerprint density at radius 2 is 1.93 bits per heavy atom. The minimum atomic E-state index is -1.87. The number of amides is 1. The third kappa shape index (κ3) is 5.43. The molecule has 2 N–H and O–H groups in total. The van der Waals surface area contributed by atoms with Crippen molar-refractivity contribution >= 4 is 78.9 Å². The summed E-state index contributed by atoms with van der Waals surface area (Å²) >= 11 is 23.3. The number of thiophene rings is 1. The lowest BCUT2D eigenvalue weighted by Crippen LogP contribution is -2.49. The van der Waals surface area contributed by atoms with Crippen molar-refractivity contribution in [3.05, 3.63) is 50.3 Å². The number of carbonyl (C=O) groups is 2. The van der Waals surface area contributed by atoms with Gasteiger partial charge in [-0.15, -0.1) is 11.3 Å². The SMILES string of the molecule is CCOC(=O)c1c(N[C@H](NC(=O)c2ccccc2Br)C(Cl)(Cl)Cl)sc2c1CCCC2. The van der Waals surface area contributed by atoms with E-state index in [9.17, 15) is 9.59 Å². The monoisotopic (exact) mass is 552 g/mol. The maximum atomic E-state index is 12.8. The van der Waals surface area contributed by atoms with Crippen molar-refractivity contribution in [1.29, 1.82) is 0 Å². The van der Waals surface area contributed by atoms with Crippen molar-refractivity contribution in [3.63, 3.8) is 0 Å². The predicted molar refractivity (Wildman–Crippen MR) is 126 cm³/mol. The van der Waals surface area contributed by atoms with E-state index in [0.717, 1.165) is 36.1 Å². The summed E-state index contributed by atoms with van der Waals surface area (Å²) in [6.45, 7) is 2.02. The van der Waals surface area contributed by atoms with Crippen LogP contribution in [-0.2, 0) is 17.6 Å². The predicted octanol–water partition coefficient (Wildman–Crippen LogP) is 6.10. The maximum absolute atomic E-state index is 12.8. The topological polar surface area (TPSA) is 67.4 Å². The number of alkyl halides is 3. The van der Waals surface area contributed by atoms with E-state index < -0.39 is 21.8 Å². The third-order valence-electron chi connectivity index (χ3n) is 4.65. The van der Waals surface area contributed by atoms with Crippen molar-refractivity contribution in [1.82, 2.24) is 5.32 Å². The van der Waals surface area contributed by atoms with E-state index in [1.165, 1.54) is 11.3 Å². The molecule has 2 aromatic rings. The fraction of sp³-hybridized carbons (Fsp3) is 0.400. The Bertz CT molecular complexity index is 946. The van der Waals surface area contributed by atoms with E-state index in [0.29, 0.717) is 20.6 Å². The van der Waals surface area contributed by atoms with Crippen LogP contribution in [0.2, 0.25) is 0 Å². The molecule has 1 aliphatic carbocycles. The molecule has 3 rings (SSSR count). The molecular formula is C20H20BrCl3N2O3S. The first-order valence-corrected chi connectivity index (χ1v) is 12.2. The van der Waals surface area contributed by atoms with Crippen LogP contribution in [0.5, 0.6) is 0 Å². The normalized spacial score (nSPS) is 14.6. The fourth-order valence-electron chi connectivity index (χ4n) is 3.27. The van der Waals surface area contributed by atoms with Gasteiger partial charge in [0.05, 0.1) is 17.7 Å². The zero-order valence-electron chi connectivity index (χ0n) is 16.1. The second-order valence-electron chi connectivity index (χ2n) is 6.71. The zero-order valence-corrected chi connectivity index (χ0v) is 20.7. The van der Waals surface area contributed by atoms with Crippen LogP contribution in [0.15, 0.2) is 28.7 Å². The maximum Gasteiger partial charge on any atom is 0.341 e. The van der Waals surface area contributed by atoms with Crippen LogP contribution in [0, 0.1) is 0 Å². The Kier molecular flexibility index (Phi) is 7.96. The molecule has 0 bridgehead atoms. The van der Waals surface area contributed by atoms with Crippen LogP contribution in [0.25, 0.3) is 0 Å². The van der Waals surface area contributed by atoms with Crippen LogP contribution in [-0.4, -0.2) is 28.4 Å². The van der Waals surface area contributed by atoms with E-state index in [2.05, 4.69) is 26.6 Å². The number of halogens is 4. The zero-order chi connectivity index (χ0) is 21.9. The second-order valence-corrected chi connectivity index (χ2v) is 11.0. The van der Waals surface area contributed by atoms with Gasteiger partial charge in [-0.05, 0) is 66.2 Å². The number of hydrogen-bond donors (Lipinski definition) is 2. The summed E-state index contributed by atoms with van der Waals surface area (Å²) in [6, 6.07) is 6.94. The highest BCUT2D eigenvalue weighted by molar-refractivity contribution is 9.10. The van der Waals surface area contributed by atoms with Gasteiger partial charge in [0.15, 0.2) is 0 Å². The van der Waals surface area contributed by atoms with E-state index in [1.54, 1.807) is 31.2 Å². The molecule has 1 atom stereocenters. The summed E-state index contributed by atoms with van der Waals surface area (Å²) in [5, 5.41) is 6.33. The Labute approximate surface area is 202 Å². The fourth-order valence-corrected chi connectivity index (χ4v) is 5.37. The minimum absolute atomic E-state index is 0.259. The van der Waals surface area contributed by atoms with Crippen molar-refractivity contribution in [2.45, 2.75) is 42.6 Å². The third-order valence-corrected chi connectivity index (χ3v) is 7.22. The molecule has 30 heavy (non-hydrogen) atoms. The number of esters is 1. The highest BCUT2D eigenvalue weighted by Gasteiger charge is 2.37. The van der Waals surface area contributed by atoms with Crippen LogP contribution in [0.4, 0.5) is 5.00 Å². The van der Waals surface area contributed by atoms with E-state index >= 15 is 0 Å². The number of benzene rings is 1. The van der Waals surface area contributed by atoms with Gasteiger partial charge in [-0.3, -0.25) is 4.79 Å². The minimum Gasteiger partial charge on any atom is -0.462 e. The Morgan fingerprint density at radius 3 is 2.60 bits per heavy atom. The van der Waals surface area contributed by atoms with E-state index in [1.807, 2.05) is 0 Å². The molecule has 162 valence electrons. The summed E-state index contributed by atoms with van der Waals surface area (Å²) in [4.78, 5) is 26.6. The van der Waals surface area contributed by atoms with Gasteiger partial charge in [-0.1, -0.05) is 46.9 Å². The summed E-state index contributed by atoms with van der Waals surface area (Å²) in [7, 11) is 0. The molecule has 1 heterocycles. The van der Waals surface area contributed by atoms with Crippen LogP contribution in [0.1, 0.15) is 50.9 Å². The number of hydrogen-bond acceptors (Lipinski definition) is 5. The van der Waals surface area contributed by atoms with Gasteiger partial charge in [0, 0.05) is 9.35 Å². The summed E-state index contributed by atoms with van der Waals surface area (Å²) in [5.41, 5.74) is 1.84. The number of fused-ring (bicyclic) bond motifs is 1. The molecule has 0 spiro atoms. The molecule has 1 amide bonds. The molecule has 0 aliphatic heterocycles. The van der Waals surface area contributed by atoms with E-state index in [4.69, 9.17) is 39.5 Å². The standard InChI is InChI=1S/C20H20BrCl3N2O3S/c1-2-29-18(28)15-12-8-4-6-10-14(12)30-17(15)26-19(20(22,23)24)25-16(27)11-7-3-5-9-13(11)21/h3,5,7,9,19,26H,2,4,6,8,10H2,1H3,(H,25,27)/t19-/m0/s1. The Balaban J connectivity index is 1.92. The molecular weight excluding hydrogens is 535 g/mol. The Morgan fingerprint density at radius 1 is 1.23 bits per heavy atom. The highest BCUT2D eigenvalue weighted by Crippen LogP contribution is 2.41. The number of nitrogens with one attached hydrogen (secondary N) is 2.